The summed E-state index contributed by atoms with van der Waals surface area (Å²) in [5.74, 6) is -0.0239. The first-order valence-electron chi connectivity index (χ1n) is 7.14. The zero-order valence-corrected chi connectivity index (χ0v) is 13.7. The number of nitrogens with zero attached hydrogens (tertiary/aromatic N) is 2. The van der Waals surface area contributed by atoms with Gasteiger partial charge in [-0.3, -0.25) is 0 Å². The van der Waals surface area contributed by atoms with Crippen molar-refractivity contribution in [1.82, 2.24) is 9.97 Å². The smallest absolute Gasteiger partial charge is 0.421 e. The Morgan fingerprint density at radius 2 is 1.92 bits per heavy atom. The summed E-state index contributed by atoms with van der Waals surface area (Å²) >= 11 is 0. The van der Waals surface area contributed by atoms with Crippen molar-refractivity contribution in [3.05, 3.63) is 29.5 Å². The third kappa shape index (κ3) is 3.73. The number of benzene rings is 1. The minimum Gasteiger partial charge on any atom is -0.495 e. The second-order valence-electron chi connectivity index (χ2n) is 4.83. The maximum atomic E-state index is 12.9. The van der Waals surface area contributed by atoms with Crippen LogP contribution in [0, 0.1) is 5.41 Å². The molecule has 0 aliphatic rings. The molecule has 0 aliphatic heterocycles. The molecule has 2 rings (SSSR count). The van der Waals surface area contributed by atoms with Crippen molar-refractivity contribution in [3.8, 4) is 5.75 Å². The van der Waals surface area contributed by atoms with E-state index in [0.717, 1.165) is 6.21 Å². The van der Waals surface area contributed by atoms with Crippen LogP contribution in [0.15, 0.2) is 18.3 Å². The van der Waals surface area contributed by atoms with E-state index >= 15 is 0 Å². The van der Waals surface area contributed by atoms with Crippen molar-refractivity contribution in [2.24, 2.45) is 0 Å². The zero-order valence-electron chi connectivity index (χ0n) is 13.7. The molecule has 1 aromatic heterocycles. The molecule has 0 bridgehead atoms. The highest BCUT2D eigenvalue weighted by atomic mass is 19.4. The van der Waals surface area contributed by atoms with Gasteiger partial charge in [0, 0.05) is 37.8 Å². The summed E-state index contributed by atoms with van der Waals surface area (Å²) in [6, 6.07) is 3.38. The van der Waals surface area contributed by atoms with Gasteiger partial charge in [-0.25, -0.2) is 4.98 Å². The molecule has 1 heterocycles. The van der Waals surface area contributed by atoms with Gasteiger partial charge in [0.25, 0.3) is 0 Å². The third-order valence-electron chi connectivity index (χ3n) is 3.41. The van der Waals surface area contributed by atoms with Crippen LogP contribution in [0.3, 0.4) is 0 Å². The fraction of sp³-hybridized carbons (Fsp3) is 0.267. The fourth-order valence-electron chi connectivity index (χ4n) is 2.22. The number of rotatable bonds is 6. The lowest BCUT2D eigenvalue weighted by Crippen LogP contribution is -2.13. The number of hydrogen-bond donors (Lipinski definition) is 4. The average Bonchev–Trinajstić information content (AvgIpc) is 2.60. The minimum absolute atomic E-state index is 0.0630. The first kappa shape index (κ1) is 18.3. The highest BCUT2D eigenvalue weighted by Crippen LogP contribution is 2.36. The summed E-state index contributed by atoms with van der Waals surface area (Å²) in [6.45, 7) is 0. The number of nitrogens with one attached hydrogen (secondary N) is 4. The molecule has 0 saturated carbocycles. The average molecular weight is 354 g/mol. The van der Waals surface area contributed by atoms with Crippen molar-refractivity contribution in [3.63, 3.8) is 0 Å². The van der Waals surface area contributed by atoms with E-state index in [1.807, 2.05) is 0 Å². The lowest BCUT2D eigenvalue weighted by Gasteiger charge is -2.17. The van der Waals surface area contributed by atoms with Crippen LogP contribution in [0.4, 0.5) is 36.3 Å². The van der Waals surface area contributed by atoms with Crippen molar-refractivity contribution < 1.29 is 17.9 Å². The number of anilines is 4. The summed E-state index contributed by atoms with van der Waals surface area (Å²) in [5.41, 5.74) is 0.491. The normalized spacial score (nSPS) is 11.0. The van der Waals surface area contributed by atoms with Gasteiger partial charge in [-0.15, -0.1) is 0 Å². The number of alkyl halides is 3. The molecule has 0 aliphatic carbocycles. The summed E-state index contributed by atoms with van der Waals surface area (Å²) in [6.07, 6.45) is -2.78. The van der Waals surface area contributed by atoms with E-state index in [2.05, 4.69) is 25.9 Å². The Labute approximate surface area is 142 Å². The minimum atomic E-state index is -4.57. The van der Waals surface area contributed by atoms with Crippen LogP contribution in [-0.4, -0.2) is 37.4 Å². The topological polar surface area (TPSA) is 94.9 Å². The molecule has 0 radical (unpaired) electrons. The van der Waals surface area contributed by atoms with E-state index in [0.29, 0.717) is 28.9 Å². The van der Waals surface area contributed by atoms with E-state index in [1.165, 1.54) is 14.2 Å². The number of ether oxygens (including phenoxy) is 1. The van der Waals surface area contributed by atoms with Gasteiger partial charge in [0.1, 0.15) is 17.1 Å². The maximum absolute atomic E-state index is 12.9. The van der Waals surface area contributed by atoms with Crippen molar-refractivity contribution in [1.29, 1.82) is 5.41 Å². The summed E-state index contributed by atoms with van der Waals surface area (Å²) in [4.78, 5) is 7.58. The Hall–Kier alpha value is -3.04. The predicted molar refractivity (Wildman–Crippen MR) is 90.3 cm³/mol. The van der Waals surface area contributed by atoms with Gasteiger partial charge in [0.2, 0.25) is 5.95 Å². The van der Waals surface area contributed by atoms with Gasteiger partial charge in [-0.05, 0) is 12.1 Å². The van der Waals surface area contributed by atoms with Crippen LogP contribution < -0.4 is 20.7 Å². The van der Waals surface area contributed by atoms with E-state index in [-0.39, 0.29) is 11.8 Å². The van der Waals surface area contributed by atoms with Gasteiger partial charge in [0.15, 0.2) is 0 Å². The molecule has 0 spiro atoms. The highest BCUT2D eigenvalue weighted by molar-refractivity contribution is 5.96. The van der Waals surface area contributed by atoms with E-state index in [4.69, 9.17) is 10.1 Å². The quantitative estimate of drug-likeness (QED) is 0.595. The Balaban J connectivity index is 2.51. The van der Waals surface area contributed by atoms with Crippen molar-refractivity contribution >= 4 is 29.4 Å². The first-order chi connectivity index (χ1) is 11.8. The van der Waals surface area contributed by atoms with Gasteiger partial charge in [-0.2, -0.15) is 18.2 Å². The molecule has 0 atom stereocenters. The van der Waals surface area contributed by atoms with Crippen LogP contribution >= 0.6 is 0 Å². The number of halogens is 3. The van der Waals surface area contributed by atoms with Crippen LogP contribution in [0.1, 0.15) is 11.1 Å². The van der Waals surface area contributed by atoms with Crippen LogP contribution in [-0.2, 0) is 6.18 Å². The highest BCUT2D eigenvalue weighted by Gasteiger charge is 2.35. The van der Waals surface area contributed by atoms with Crippen molar-refractivity contribution in [2.45, 2.75) is 6.18 Å². The molecule has 1 aromatic carbocycles. The Bertz CT molecular complexity index is 779. The SMILES string of the molecule is CNc1ccc(OC)c(Nc2ncc(C(F)(F)F)c(NC)n2)c1C=N. The van der Waals surface area contributed by atoms with Gasteiger partial charge < -0.3 is 26.1 Å². The molecule has 0 fully saturated rings. The number of aromatic nitrogens is 2. The zero-order chi connectivity index (χ0) is 18.6. The molecular weight excluding hydrogens is 337 g/mol. The monoisotopic (exact) mass is 354 g/mol. The Morgan fingerprint density at radius 3 is 2.44 bits per heavy atom. The van der Waals surface area contributed by atoms with Crippen LogP contribution in [0.2, 0.25) is 0 Å². The lowest BCUT2D eigenvalue weighted by molar-refractivity contribution is -0.137. The molecular formula is C15H17F3N6O. The molecule has 0 saturated heterocycles. The molecule has 7 nitrogen and oxygen atoms in total. The summed E-state index contributed by atoms with van der Waals surface area (Å²) in [7, 11) is 4.47. The second-order valence-corrected chi connectivity index (χ2v) is 4.83. The van der Waals surface area contributed by atoms with Crippen LogP contribution in [0.25, 0.3) is 0 Å². The fourth-order valence-corrected chi connectivity index (χ4v) is 2.22. The predicted octanol–water partition coefficient (Wildman–Crippen LogP) is 3.33. The summed E-state index contributed by atoms with van der Waals surface area (Å²) in [5, 5.41) is 15.8. The second kappa shape index (κ2) is 7.24. The van der Waals surface area contributed by atoms with E-state index in [1.54, 1.807) is 19.2 Å². The van der Waals surface area contributed by atoms with Gasteiger partial charge in [0.05, 0.1) is 12.8 Å². The maximum Gasteiger partial charge on any atom is 0.421 e. The number of hydrogen-bond acceptors (Lipinski definition) is 7. The molecule has 4 N–H and O–H groups in total. The molecule has 134 valence electrons. The lowest BCUT2D eigenvalue weighted by atomic mass is 10.1. The molecule has 25 heavy (non-hydrogen) atoms. The third-order valence-corrected chi connectivity index (χ3v) is 3.41. The largest absolute Gasteiger partial charge is 0.495 e. The first-order valence-corrected chi connectivity index (χ1v) is 7.14. The van der Waals surface area contributed by atoms with Gasteiger partial charge in [-0.1, -0.05) is 0 Å². The van der Waals surface area contributed by atoms with Gasteiger partial charge >= 0.3 is 6.18 Å². The van der Waals surface area contributed by atoms with E-state index in [9.17, 15) is 13.2 Å². The standard InChI is InChI=1S/C15H17F3N6O/c1-20-10-4-5-11(25-3)12(8(10)6-19)23-14-22-7-9(15(16,17)18)13(21-2)24-14/h4-7,19-20H,1-3H3,(H2,21,22,23,24). The summed E-state index contributed by atoms with van der Waals surface area (Å²) < 4.78 is 44.0. The molecule has 2 aromatic rings. The van der Waals surface area contributed by atoms with Crippen molar-refractivity contribution in [2.75, 3.05) is 37.2 Å². The Kier molecular flexibility index (Phi) is 5.30. The number of methoxy groups -OCH3 is 1. The van der Waals surface area contributed by atoms with E-state index < -0.39 is 11.7 Å². The Morgan fingerprint density at radius 1 is 1.20 bits per heavy atom. The molecule has 0 amide bonds. The van der Waals surface area contributed by atoms with Crippen LogP contribution in [0.5, 0.6) is 5.75 Å². The molecule has 10 heteroatoms. The molecule has 0 unspecified atom stereocenters.